The highest BCUT2D eigenvalue weighted by Gasteiger charge is 2.22. The van der Waals surface area contributed by atoms with Crippen molar-refractivity contribution in [2.75, 3.05) is 26.8 Å². The molecule has 1 aromatic carbocycles. The molecule has 0 saturated carbocycles. The zero-order chi connectivity index (χ0) is 16.6. The SMILES string of the molecule is CCCCN(CC(O)COc1cccc(OC)c1)S(=O)(=O)O. The van der Waals surface area contributed by atoms with Crippen LogP contribution < -0.4 is 9.47 Å². The fraction of sp³-hybridized carbons (Fsp3) is 0.571. The van der Waals surface area contributed by atoms with Crippen LogP contribution in [-0.2, 0) is 10.3 Å². The van der Waals surface area contributed by atoms with E-state index < -0.39 is 16.4 Å². The molecular weight excluding hydrogens is 310 g/mol. The Morgan fingerprint density at radius 3 is 2.59 bits per heavy atom. The topological polar surface area (TPSA) is 96.3 Å². The van der Waals surface area contributed by atoms with Gasteiger partial charge in [0.15, 0.2) is 0 Å². The third kappa shape index (κ3) is 6.61. The Balaban J connectivity index is 2.54. The minimum atomic E-state index is -4.33. The van der Waals surface area contributed by atoms with Crippen molar-refractivity contribution in [2.45, 2.75) is 25.9 Å². The van der Waals surface area contributed by atoms with Gasteiger partial charge < -0.3 is 14.6 Å². The summed E-state index contributed by atoms with van der Waals surface area (Å²) >= 11 is 0. The summed E-state index contributed by atoms with van der Waals surface area (Å²) in [7, 11) is -2.79. The highest BCUT2D eigenvalue weighted by atomic mass is 32.2. The molecule has 0 radical (unpaired) electrons. The Morgan fingerprint density at radius 1 is 1.32 bits per heavy atom. The second-order valence-electron chi connectivity index (χ2n) is 4.83. The van der Waals surface area contributed by atoms with Crippen molar-refractivity contribution in [1.82, 2.24) is 4.31 Å². The van der Waals surface area contributed by atoms with Crippen molar-refractivity contribution in [3.05, 3.63) is 24.3 Å². The number of aliphatic hydroxyl groups excluding tert-OH is 1. The Hall–Kier alpha value is -1.35. The van der Waals surface area contributed by atoms with Crippen LogP contribution in [0.1, 0.15) is 19.8 Å². The van der Waals surface area contributed by atoms with Gasteiger partial charge in [-0.25, -0.2) is 0 Å². The van der Waals surface area contributed by atoms with Crippen molar-refractivity contribution < 1.29 is 27.6 Å². The van der Waals surface area contributed by atoms with Gasteiger partial charge in [-0.2, -0.15) is 12.7 Å². The maximum Gasteiger partial charge on any atom is 0.335 e. The van der Waals surface area contributed by atoms with Crippen molar-refractivity contribution in [3.63, 3.8) is 0 Å². The number of hydrogen-bond donors (Lipinski definition) is 2. The number of rotatable bonds is 10. The maximum absolute atomic E-state index is 11.2. The first kappa shape index (κ1) is 18.7. The van der Waals surface area contributed by atoms with Crippen LogP contribution in [0.2, 0.25) is 0 Å². The van der Waals surface area contributed by atoms with E-state index in [1.165, 1.54) is 7.11 Å². The fourth-order valence-electron chi connectivity index (χ4n) is 1.81. The van der Waals surface area contributed by atoms with Crippen molar-refractivity contribution in [3.8, 4) is 11.5 Å². The van der Waals surface area contributed by atoms with Gasteiger partial charge in [0.1, 0.15) is 24.2 Å². The maximum atomic E-state index is 11.2. The van der Waals surface area contributed by atoms with Gasteiger partial charge in [0.25, 0.3) is 0 Å². The van der Waals surface area contributed by atoms with Gasteiger partial charge in [0.05, 0.1) is 7.11 Å². The van der Waals surface area contributed by atoms with Crippen LogP contribution in [0.3, 0.4) is 0 Å². The standard InChI is InChI=1S/C14H23NO6S/c1-3-4-8-15(22(17,18)19)10-12(16)11-21-14-7-5-6-13(9-14)20-2/h5-7,9,12,16H,3-4,8,10-11H2,1-2H3,(H,17,18,19). The van der Waals surface area contributed by atoms with E-state index in [1.54, 1.807) is 24.3 Å². The molecule has 8 heteroatoms. The molecule has 0 bridgehead atoms. The van der Waals surface area contributed by atoms with Gasteiger partial charge in [-0.15, -0.1) is 0 Å². The molecule has 1 unspecified atom stereocenters. The van der Waals surface area contributed by atoms with Crippen LogP contribution in [0, 0.1) is 0 Å². The van der Waals surface area contributed by atoms with Gasteiger partial charge in [-0.1, -0.05) is 19.4 Å². The molecule has 1 atom stereocenters. The first-order valence-electron chi connectivity index (χ1n) is 7.04. The summed E-state index contributed by atoms with van der Waals surface area (Å²) in [6.45, 7) is 1.75. The molecular formula is C14H23NO6S. The molecule has 0 fully saturated rings. The summed E-state index contributed by atoms with van der Waals surface area (Å²) in [6.07, 6.45) is 0.330. The molecule has 0 heterocycles. The number of aliphatic hydroxyl groups is 1. The van der Waals surface area contributed by atoms with E-state index in [-0.39, 0.29) is 19.7 Å². The summed E-state index contributed by atoms with van der Waals surface area (Å²) in [6, 6.07) is 6.86. The zero-order valence-electron chi connectivity index (χ0n) is 12.8. The predicted molar refractivity (Wildman–Crippen MR) is 82.5 cm³/mol. The van der Waals surface area contributed by atoms with Gasteiger partial charge in [0.2, 0.25) is 0 Å². The minimum absolute atomic E-state index is 0.0920. The molecule has 7 nitrogen and oxygen atoms in total. The number of unbranched alkanes of at least 4 members (excludes halogenated alkanes) is 1. The number of ether oxygens (including phenoxy) is 2. The average molecular weight is 333 g/mol. The van der Waals surface area contributed by atoms with Crippen molar-refractivity contribution >= 4 is 10.3 Å². The van der Waals surface area contributed by atoms with E-state index in [2.05, 4.69) is 0 Å². The van der Waals surface area contributed by atoms with Crippen molar-refractivity contribution in [1.29, 1.82) is 0 Å². The Kier molecular flexibility index (Phi) is 7.60. The predicted octanol–water partition coefficient (Wildman–Crippen LogP) is 1.34. The summed E-state index contributed by atoms with van der Waals surface area (Å²) < 4.78 is 42.9. The normalized spacial score (nSPS) is 13.1. The van der Waals surface area contributed by atoms with Gasteiger partial charge in [-0.3, -0.25) is 4.55 Å². The average Bonchev–Trinajstić information content (AvgIpc) is 2.48. The van der Waals surface area contributed by atoms with E-state index >= 15 is 0 Å². The molecule has 2 N–H and O–H groups in total. The van der Waals surface area contributed by atoms with Crippen LogP contribution in [-0.4, -0.2) is 55.3 Å². The van der Waals surface area contributed by atoms with E-state index in [1.807, 2.05) is 6.92 Å². The highest BCUT2D eigenvalue weighted by Crippen LogP contribution is 2.19. The van der Waals surface area contributed by atoms with Crippen LogP contribution in [0.15, 0.2) is 24.3 Å². The molecule has 1 aromatic rings. The number of hydrogen-bond acceptors (Lipinski definition) is 5. The third-order valence-electron chi connectivity index (χ3n) is 2.99. The van der Waals surface area contributed by atoms with Gasteiger partial charge >= 0.3 is 10.3 Å². The lowest BCUT2D eigenvalue weighted by molar-refractivity contribution is 0.0868. The third-order valence-corrected chi connectivity index (χ3v) is 3.97. The monoisotopic (exact) mass is 333 g/mol. The highest BCUT2D eigenvalue weighted by molar-refractivity contribution is 7.83. The van der Waals surface area contributed by atoms with E-state index in [9.17, 15) is 13.5 Å². The molecule has 0 aromatic heterocycles. The smallest absolute Gasteiger partial charge is 0.335 e. The summed E-state index contributed by atoms with van der Waals surface area (Å²) in [5.41, 5.74) is 0. The first-order chi connectivity index (χ1) is 10.4. The molecule has 1 rings (SSSR count). The number of benzene rings is 1. The molecule has 0 spiro atoms. The Bertz CT molecular complexity index is 548. The van der Waals surface area contributed by atoms with E-state index in [4.69, 9.17) is 14.0 Å². The lowest BCUT2D eigenvalue weighted by Gasteiger charge is -2.21. The molecule has 0 aliphatic heterocycles. The van der Waals surface area contributed by atoms with Crippen LogP contribution >= 0.6 is 0 Å². The summed E-state index contributed by atoms with van der Waals surface area (Å²) in [5.74, 6) is 1.12. The number of methoxy groups -OCH3 is 1. The van der Waals surface area contributed by atoms with Crippen LogP contribution in [0.5, 0.6) is 11.5 Å². The molecule has 0 saturated heterocycles. The molecule has 0 aliphatic rings. The minimum Gasteiger partial charge on any atom is -0.497 e. The van der Waals surface area contributed by atoms with Crippen LogP contribution in [0.4, 0.5) is 0 Å². The summed E-state index contributed by atoms with van der Waals surface area (Å²) in [4.78, 5) is 0. The lowest BCUT2D eigenvalue weighted by atomic mass is 10.3. The zero-order valence-corrected chi connectivity index (χ0v) is 13.6. The second kappa shape index (κ2) is 8.94. The molecule has 126 valence electrons. The lowest BCUT2D eigenvalue weighted by Crippen LogP contribution is -2.39. The summed E-state index contributed by atoms with van der Waals surface area (Å²) in [5, 5.41) is 9.90. The van der Waals surface area contributed by atoms with Crippen molar-refractivity contribution in [2.24, 2.45) is 0 Å². The quantitative estimate of drug-likeness (QED) is 0.627. The molecule has 0 aliphatic carbocycles. The van der Waals surface area contributed by atoms with E-state index in [0.717, 1.165) is 10.7 Å². The van der Waals surface area contributed by atoms with Gasteiger partial charge in [0, 0.05) is 19.2 Å². The van der Waals surface area contributed by atoms with E-state index in [0.29, 0.717) is 17.9 Å². The Morgan fingerprint density at radius 2 is 2.00 bits per heavy atom. The molecule has 0 amide bonds. The largest absolute Gasteiger partial charge is 0.497 e. The Labute approximate surface area is 131 Å². The second-order valence-corrected chi connectivity index (χ2v) is 6.25. The molecule has 22 heavy (non-hydrogen) atoms. The van der Waals surface area contributed by atoms with Gasteiger partial charge in [-0.05, 0) is 18.6 Å². The first-order valence-corrected chi connectivity index (χ1v) is 8.44. The fourth-order valence-corrected chi connectivity index (χ4v) is 2.53. The van der Waals surface area contributed by atoms with Crippen LogP contribution in [0.25, 0.3) is 0 Å². The number of nitrogens with zero attached hydrogens (tertiary/aromatic N) is 1.